The summed E-state index contributed by atoms with van der Waals surface area (Å²) in [6.45, 7) is 11.9. The highest BCUT2D eigenvalue weighted by atomic mass is 35.5. The summed E-state index contributed by atoms with van der Waals surface area (Å²) < 4.78 is 65.8. The number of carbonyl (C=O) groups excluding carboxylic acids is 1. The Labute approximate surface area is 278 Å². The van der Waals surface area contributed by atoms with Crippen molar-refractivity contribution in [3.8, 4) is 17.3 Å². The highest BCUT2D eigenvalue weighted by molar-refractivity contribution is 6.36. The van der Waals surface area contributed by atoms with Gasteiger partial charge in [-0.1, -0.05) is 42.4 Å². The van der Waals surface area contributed by atoms with E-state index in [1.807, 2.05) is 0 Å². The van der Waals surface area contributed by atoms with Crippen LogP contribution in [0.15, 0.2) is 48.9 Å². The van der Waals surface area contributed by atoms with Crippen molar-refractivity contribution < 1.29 is 27.1 Å². The van der Waals surface area contributed by atoms with Crippen molar-refractivity contribution in [3.05, 3.63) is 77.0 Å². The summed E-state index contributed by atoms with van der Waals surface area (Å²) in [4.78, 5) is 34.7. The van der Waals surface area contributed by atoms with Crippen LogP contribution in [0.4, 0.5) is 23.4 Å². The molecular formula is C34H30ClF4N7O2. The Morgan fingerprint density at radius 2 is 2.00 bits per heavy atom. The molecule has 0 saturated carbocycles. The standard InChI is InChI=1S/C34H30ClF4N7O2/c1-19(36)32(47)46-12-11-44(17-22(46)14-40-2)31-24-15-41-29(23-6-3-5-20-7-8-25(38)27(35)26(20)23)28(39)30(24)42-33(43-31)48-18-34-9-4-10-45(34)16-21(37)13-34/h3,5-8,15,21-22H,1,4,9-14,16-18H2/t21-,22+,34+/m1/s1. The van der Waals surface area contributed by atoms with E-state index in [1.54, 1.807) is 29.2 Å². The van der Waals surface area contributed by atoms with Crippen molar-refractivity contribution in [3.63, 3.8) is 0 Å². The first kappa shape index (κ1) is 32.0. The lowest BCUT2D eigenvalue weighted by Crippen LogP contribution is -2.56. The van der Waals surface area contributed by atoms with Crippen LogP contribution in [-0.2, 0) is 4.79 Å². The molecule has 3 aliphatic rings. The molecule has 3 fully saturated rings. The summed E-state index contributed by atoms with van der Waals surface area (Å²) in [5, 5.41) is 0.928. The number of aromatic nitrogens is 3. The van der Waals surface area contributed by atoms with Gasteiger partial charge in [-0.15, -0.1) is 0 Å². The number of alkyl halides is 1. The largest absolute Gasteiger partial charge is 0.461 e. The van der Waals surface area contributed by atoms with Gasteiger partial charge < -0.3 is 19.4 Å². The van der Waals surface area contributed by atoms with Crippen molar-refractivity contribution in [2.45, 2.75) is 37.0 Å². The predicted octanol–water partition coefficient (Wildman–Crippen LogP) is 6.15. The lowest BCUT2D eigenvalue weighted by Gasteiger charge is -2.39. The number of pyridine rings is 1. The van der Waals surface area contributed by atoms with Crippen LogP contribution in [0, 0.1) is 18.2 Å². The Hall–Kier alpha value is -4.54. The molecule has 3 saturated heterocycles. The molecule has 4 aromatic rings. The maximum absolute atomic E-state index is 16.7. The number of nitrogens with zero attached hydrogens (tertiary/aromatic N) is 7. The van der Waals surface area contributed by atoms with Gasteiger partial charge in [0.2, 0.25) is 6.54 Å². The maximum Gasteiger partial charge on any atom is 0.319 e. The molecule has 0 unspecified atom stereocenters. The molecule has 0 spiro atoms. The van der Waals surface area contributed by atoms with Crippen LogP contribution >= 0.6 is 11.6 Å². The number of fused-ring (bicyclic) bond motifs is 3. The summed E-state index contributed by atoms with van der Waals surface area (Å²) >= 11 is 6.37. The molecule has 1 amide bonds. The van der Waals surface area contributed by atoms with Crippen molar-refractivity contribution in [1.82, 2.24) is 24.8 Å². The molecule has 0 radical (unpaired) electrons. The summed E-state index contributed by atoms with van der Waals surface area (Å²) in [5.74, 6) is -3.27. The van der Waals surface area contributed by atoms with E-state index in [0.717, 1.165) is 19.4 Å². The van der Waals surface area contributed by atoms with Crippen molar-refractivity contribution in [1.29, 1.82) is 0 Å². The molecule has 248 valence electrons. The minimum atomic E-state index is -1.13. The second-order valence-corrected chi connectivity index (χ2v) is 12.9. The Bertz CT molecular complexity index is 2010. The third-order valence-electron chi connectivity index (χ3n) is 9.64. The zero-order valence-electron chi connectivity index (χ0n) is 25.7. The second kappa shape index (κ2) is 12.5. The molecular weight excluding hydrogens is 650 g/mol. The second-order valence-electron chi connectivity index (χ2n) is 12.5. The molecule has 0 N–H and O–H groups in total. The Morgan fingerprint density at radius 1 is 1.17 bits per heavy atom. The number of carbonyl (C=O) groups is 1. The van der Waals surface area contributed by atoms with E-state index in [4.69, 9.17) is 22.9 Å². The van der Waals surface area contributed by atoms with Crippen LogP contribution < -0.4 is 9.64 Å². The van der Waals surface area contributed by atoms with Crippen LogP contribution in [0.3, 0.4) is 0 Å². The van der Waals surface area contributed by atoms with E-state index in [9.17, 15) is 18.0 Å². The van der Waals surface area contributed by atoms with Gasteiger partial charge in [-0.3, -0.25) is 14.7 Å². The smallest absolute Gasteiger partial charge is 0.319 e. The van der Waals surface area contributed by atoms with E-state index in [1.165, 1.54) is 17.2 Å². The van der Waals surface area contributed by atoms with E-state index in [-0.39, 0.29) is 77.2 Å². The first-order chi connectivity index (χ1) is 23.1. The molecule has 9 nitrogen and oxygen atoms in total. The van der Waals surface area contributed by atoms with E-state index >= 15 is 4.39 Å². The summed E-state index contributed by atoms with van der Waals surface area (Å²) in [6, 6.07) is 6.94. The van der Waals surface area contributed by atoms with Crippen LogP contribution in [0.2, 0.25) is 5.02 Å². The predicted molar refractivity (Wildman–Crippen MR) is 173 cm³/mol. The molecule has 14 heteroatoms. The highest BCUT2D eigenvalue weighted by Crippen LogP contribution is 2.41. The maximum atomic E-state index is 16.7. The van der Waals surface area contributed by atoms with Gasteiger partial charge in [0.25, 0.3) is 5.91 Å². The molecule has 2 aromatic carbocycles. The number of anilines is 1. The molecule has 48 heavy (non-hydrogen) atoms. The number of benzene rings is 2. The summed E-state index contributed by atoms with van der Waals surface area (Å²) in [6.07, 6.45) is 2.37. The molecule has 3 aliphatic heterocycles. The Balaban J connectivity index is 1.34. The topological polar surface area (TPSA) is 79.1 Å². The third-order valence-corrected chi connectivity index (χ3v) is 10.0. The average molecular weight is 680 g/mol. The number of hydrogen-bond acceptors (Lipinski definition) is 7. The summed E-state index contributed by atoms with van der Waals surface area (Å²) in [7, 11) is 0. The highest BCUT2D eigenvalue weighted by Gasteiger charge is 2.49. The minimum Gasteiger partial charge on any atom is -0.461 e. The molecule has 0 aliphatic carbocycles. The molecule has 5 heterocycles. The fraction of sp³-hybridized carbons (Fsp3) is 0.382. The average Bonchev–Trinajstić information content (AvgIpc) is 3.60. The molecule has 2 aromatic heterocycles. The number of amides is 1. The minimum absolute atomic E-state index is 0.0493. The van der Waals surface area contributed by atoms with Crippen LogP contribution in [-0.4, -0.2) is 94.3 Å². The van der Waals surface area contributed by atoms with Gasteiger partial charge in [-0.25, -0.2) is 24.1 Å². The molecule has 0 bridgehead atoms. The van der Waals surface area contributed by atoms with Gasteiger partial charge in [-0.05, 0) is 30.8 Å². The fourth-order valence-electron chi connectivity index (χ4n) is 7.40. The van der Waals surface area contributed by atoms with E-state index < -0.39 is 41.1 Å². The monoisotopic (exact) mass is 679 g/mol. The van der Waals surface area contributed by atoms with Crippen LogP contribution in [0.1, 0.15) is 19.3 Å². The van der Waals surface area contributed by atoms with Crippen molar-refractivity contribution >= 4 is 45.0 Å². The number of piperazine rings is 1. The fourth-order valence-corrected chi connectivity index (χ4v) is 7.68. The first-order valence-corrected chi connectivity index (χ1v) is 16.0. The van der Waals surface area contributed by atoms with Gasteiger partial charge in [0, 0.05) is 49.7 Å². The molecule has 7 rings (SSSR count). The SMILES string of the molecule is [C-]#[N+]C[C@H]1CN(c2nc(OC[C@@]34CCCN3C[C@H](F)C4)nc3c(F)c(-c4cccc5ccc(F)c(Cl)c45)ncc23)CCN1C(=O)C(=C)F. The third kappa shape index (κ3) is 5.46. The summed E-state index contributed by atoms with van der Waals surface area (Å²) in [5.41, 5.74) is -0.506. The van der Waals surface area contributed by atoms with E-state index in [0.29, 0.717) is 18.4 Å². The van der Waals surface area contributed by atoms with Gasteiger partial charge in [0.1, 0.15) is 41.7 Å². The van der Waals surface area contributed by atoms with Crippen molar-refractivity contribution in [2.24, 2.45) is 0 Å². The normalized spacial score (nSPS) is 22.7. The van der Waals surface area contributed by atoms with Gasteiger partial charge >= 0.3 is 6.01 Å². The first-order valence-electron chi connectivity index (χ1n) is 15.6. The molecule has 3 atom stereocenters. The zero-order valence-corrected chi connectivity index (χ0v) is 26.5. The van der Waals surface area contributed by atoms with Crippen molar-refractivity contribution in [2.75, 3.05) is 50.8 Å². The van der Waals surface area contributed by atoms with Gasteiger partial charge in [0.05, 0.1) is 15.9 Å². The Kier molecular flexibility index (Phi) is 8.33. The number of rotatable bonds is 7. The Morgan fingerprint density at radius 3 is 2.79 bits per heavy atom. The lowest BCUT2D eigenvalue weighted by atomic mass is 9.95. The van der Waals surface area contributed by atoms with Crippen LogP contribution in [0.5, 0.6) is 6.01 Å². The van der Waals surface area contributed by atoms with E-state index in [2.05, 4.69) is 31.3 Å². The van der Waals surface area contributed by atoms with Gasteiger partial charge in [0.15, 0.2) is 11.6 Å². The van der Waals surface area contributed by atoms with Gasteiger partial charge in [-0.2, -0.15) is 9.97 Å². The number of halogens is 5. The van der Waals surface area contributed by atoms with Crippen LogP contribution in [0.25, 0.3) is 37.8 Å². The zero-order chi connectivity index (χ0) is 33.7. The quantitative estimate of drug-likeness (QED) is 0.132. The number of hydrogen-bond donors (Lipinski definition) is 0. The lowest BCUT2D eigenvalue weighted by molar-refractivity contribution is -0.131. The number of ether oxygens (including phenoxy) is 1.